The molecule has 1 aliphatic rings. The third-order valence-corrected chi connectivity index (χ3v) is 2.98. The number of carbonyl (C=O) groups is 1. The molecule has 1 saturated carbocycles. The molecule has 0 bridgehead atoms. The Hall–Kier alpha value is -0.490. The van der Waals surface area contributed by atoms with E-state index in [1.165, 1.54) is 0 Å². The summed E-state index contributed by atoms with van der Waals surface area (Å²) in [4.78, 5) is 27.2. The highest BCUT2D eigenvalue weighted by atomic mass is 31.2. The summed E-state index contributed by atoms with van der Waals surface area (Å²) in [6.07, 6.45) is -1.69. The van der Waals surface area contributed by atoms with E-state index in [2.05, 4.69) is 0 Å². The van der Waals surface area contributed by atoms with E-state index in [9.17, 15) is 13.8 Å². The van der Waals surface area contributed by atoms with Crippen molar-refractivity contribution in [1.29, 1.82) is 0 Å². The molecule has 0 unspecified atom stereocenters. The van der Waals surface area contributed by atoms with E-state index < -0.39 is 37.4 Å². The number of rotatable bonds is 3. The summed E-state index contributed by atoms with van der Waals surface area (Å²) in [6.45, 7) is 0. The summed E-state index contributed by atoms with van der Waals surface area (Å²) in [7, 11) is -4.56. The Morgan fingerprint density at radius 1 is 1.62 bits per heavy atom. The summed E-state index contributed by atoms with van der Waals surface area (Å²) in [5.41, 5.74) is 0.452. The van der Waals surface area contributed by atoms with Gasteiger partial charge in [-0.05, 0) is 0 Å². The summed E-state index contributed by atoms with van der Waals surface area (Å²) in [5.74, 6) is -1.58. The number of halogens is 1. The molecule has 0 aliphatic heterocycles. The molecule has 76 valence electrons. The predicted molar refractivity (Wildman–Crippen MR) is 39.9 cm³/mol. The van der Waals surface area contributed by atoms with Gasteiger partial charge in [0.25, 0.3) is 0 Å². The highest BCUT2D eigenvalue weighted by Crippen LogP contribution is 2.56. The van der Waals surface area contributed by atoms with Gasteiger partial charge in [-0.15, -0.1) is 0 Å². The van der Waals surface area contributed by atoms with Crippen molar-refractivity contribution in [3.63, 3.8) is 0 Å². The Balaban J connectivity index is 2.76. The van der Waals surface area contributed by atoms with Gasteiger partial charge < -0.3 is 20.6 Å². The maximum absolute atomic E-state index is 13.3. The lowest BCUT2D eigenvalue weighted by molar-refractivity contribution is -0.140. The van der Waals surface area contributed by atoms with E-state index in [1.807, 2.05) is 0 Å². The van der Waals surface area contributed by atoms with E-state index >= 15 is 0 Å². The van der Waals surface area contributed by atoms with E-state index in [4.69, 9.17) is 20.6 Å². The lowest BCUT2D eigenvalue weighted by Crippen LogP contribution is -2.42. The van der Waals surface area contributed by atoms with Gasteiger partial charge in [-0.1, -0.05) is 0 Å². The fraction of sp³-hybridized carbons (Fsp3) is 0.800. The summed E-state index contributed by atoms with van der Waals surface area (Å²) in [6, 6.07) is 0. The smallest absolute Gasteiger partial charge is 0.328 e. The number of alkyl halides is 1. The zero-order chi connectivity index (χ0) is 10.5. The van der Waals surface area contributed by atoms with Gasteiger partial charge in [0.15, 0.2) is 11.2 Å². The van der Waals surface area contributed by atoms with Gasteiger partial charge in [0, 0.05) is 6.42 Å². The van der Waals surface area contributed by atoms with Crippen molar-refractivity contribution in [3.05, 3.63) is 0 Å². The highest BCUT2D eigenvalue weighted by molar-refractivity contribution is 7.51. The van der Waals surface area contributed by atoms with Crippen LogP contribution in [-0.2, 0) is 9.36 Å². The highest BCUT2D eigenvalue weighted by Gasteiger charge is 2.74. The van der Waals surface area contributed by atoms with Crippen molar-refractivity contribution >= 4 is 13.6 Å². The van der Waals surface area contributed by atoms with Gasteiger partial charge in [-0.2, -0.15) is 0 Å². The normalized spacial score (nSPS) is 38.8. The number of hydrogen-bond donors (Lipinski definition) is 4. The molecule has 2 atom stereocenters. The summed E-state index contributed by atoms with van der Waals surface area (Å²) >= 11 is 0. The van der Waals surface area contributed by atoms with Crippen molar-refractivity contribution in [1.82, 2.24) is 0 Å². The van der Waals surface area contributed by atoms with Gasteiger partial charge in [0.1, 0.15) is 0 Å². The number of carboxylic acids is 1. The molecule has 8 heteroatoms. The summed E-state index contributed by atoms with van der Waals surface area (Å²) in [5, 5.41) is 8.43. The fourth-order valence-electron chi connectivity index (χ4n) is 1.19. The predicted octanol–water partition coefficient (Wildman–Crippen LogP) is -0.942. The van der Waals surface area contributed by atoms with E-state index in [1.54, 1.807) is 0 Å². The Labute approximate surface area is 72.7 Å². The second kappa shape index (κ2) is 2.51. The molecular weight excluding hydrogens is 204 g/mol. The lowest BCUT2D eigenvalue weighted by atomic mass is 10.2. The second-order valence-corrected chi connectivity index (χ2v) is 4.89. The van der Waals surface area contributed by atoms with Crippen LogP contribution in [0.15, 0.2) is 0 Å². The minimum absolute atomic E-state index is 0.555. The van der Waals surface area contributed by atoms with Crippen molar-refractivity contribution in [3.8, 4) is 0 Å². The van der Waals surface area contributed by atoms with Crippen LogP contribution in [0.2, 0.25) is 0 Å². The van der Waals surface area contributed by atoms with Crippen LogP contribution in [0, 0.1) is 0 Å². The van der Waals surface area contributed by atoms with Crippen molar-refractivity contribution in [2.24, 2.45) is 5.73 Å². The SMILES string of the molecule is N[C@]1(C(=O)O)C[C@@]1(F)CP(=O)(O)O. The molecule has 0 radical (unpaired) electrons. The molecule has 0 aromatic carbocycles. The monoisotopic (exact) mass is 213 g/mol. The zero-order valence-electron chi connectivity index (χ0n) is 6.47. The number of hydrogen-bond acceptors (Lipinski definition) is 3. The van der Waals surface area contributed by atoms with Crippen LogP contribution in [0.3, 0.4) is 0 Å². The van der Waals surface area contributed by atoms with Crippen molar-refractivity contribution in [2.45, 2.75) is 17.6 Å². The van der Waals surface area contributed by atoms with Gasteiger partial charge in [-0.3, -0.25) is 9.36 Å². The molecule has 0 spiro atoms. The first kappa shape index (κ1) is 10.6. The summed E-state index contributed by atoms with van der Waals surface area (Å²) < 4.78 is 23.7. The zero-order valence-corrected chi connectivity index (χ0v) is 7.37. The Morgan fingerprint density at radius 3 is 2.31 bits per heavy atom. The van der Waals surface area contributed by atoms with Gasteiger partial charge in [0.05, 0.1) is 6.16 Å². The van der Waals surface area contributed by atoms with Crippen LogP contribution < -0.4 is 5.73 Å². The maximum Gasteiger partial charge on any atom is 0.328 e. The largest absolute Gasteiger partial charge is 0.480 e. The van der Waals surface area contributed by atoms with Crippen molar-refractivity contribution < 1.29 is 28.6 Å². The van der Waals surface area contributed by atoms with Crippen molar-refractivity contribution in [2.75, 3.05) is 6.16 Å². The van der Waals surface area contributed by atoms with Crippen LogP contribution in [0.1, 0.15) is 6.42 Å². The Bertz CT molecular complexity index is 303. The Kier molecular flexibility index (Phi) is 2.04. The minimum Gasteiger partial charge on any atom is -0.480 e. The lowest BCUT2D eigenvalue weighted by Gasteiger charge is -2.11. The van der Waals surface area contributed by atoms with E-state index in [0.717, 1.165) is 0 Å². The topological polar surface area (TPSA) is 121 Å². The molecule has 1 fully saturated rings. The van der Waals surface area contributed by atoms with E-state index in [-0.39, 0.29) is 0 Å². The first-order chi connectivity index (χ1) is 5.61. The molecule has 0 aromatic rings. The quantitative estimate of drug-likeness (QED) is 0.449. The number of aliphatic carboxylic acids is 1. The third-order valence-electron chi connectivity index (χ3n) is 2.07. The average Bonchev–Trinajstić information content (AvgIpc) is 2.30. The molecule has 1 aliphatic carbocycles. The minimum atomic E-state index is -4.56. The molecule has 6 nitrogen and oxygen atoms in total. The fourth-order valence-corrected chi connectivity index (χ4v) is 2.24. The molecule has 0 amide bonds. The maximum atomic E-state index is 13.3. The molecule has 13 heavy (non-hydrogen) atoms. The van der Waals surface area contributed by atoms with Crippen LogP contribution >= 0.6 is 7.60 Å². The number of nitrogens with two attached hydrogens (primary N) is 1. The van der Waals surface area contributed by atoms with Crippen LogP contribution in [0.25, 0.3) is 0 Å². The van der Waals surface area contributed by atoms with Crippen LogP contribution in [0.4, 0.5) is 4.39 Å². The first-order valence-electron chi connectivity index (χ1n) is 3.36. The van der Waals surface area contributed by atoms with Crippen LogP contribution in [-0.4, -0.2) is 38.2 Å². The molecule has 1 rings (SSSR count). The molecule has 0 heterocycles. The number of carboxylic acid groups (broad SMARTS) is 1. The first-order valence-corrected chi connectivity index (χ1v) is 5.16. The molecular formula is C5H9FNO5P. The Morgan fingerprint density at radius 2 is 2.08 bits per heavy atom. The standard InChI is InChI=1S/C5H9FNO5P/c6-4(2-13(10,11)12)1-5(4,7)3(8)9/h1-2,7H2,(H,8,9)(H2,10,11,12)/t4-,5+/m1/s1. The van der Waals surface area contributed by atoms with Gasteiger partial charge in [-0.25, -0.2) is 4.39 Å². The van der Waals surface area contributed by atoms with E-state index in [0.29, 0.717) is 0 Å². The van der Waals surface area contributed by atoms with Crippen LogP contribution in [0.5, 0.6) is 0 Å². The molecule has 0 aromatic heterocycles. The third kappa shape index (κ3) is 1.73. The average molecular weight is 213 g/mol. The second-order valence-electron chi connectivity index (χ2n) is 3.24. The van der Waals surface area contributed by atoms with Gasteiger partial charge in [0.2, 0.25) is 0 Å². The van der Waals surface area contributed by atoms with Gasteiger partial charge >= 0.3 is 13.6 Å². The molecule has 5 N–H and O–H groups in total. The molecule has 0 saturated heterocycles.